The molecule has 0 saturated heterocycles. The summed E-state index contributed by atoms with van der Waals surface area (Å²) in [5.74, 6) is -2.87. The van der Waals surface area contributed by atoms with Crippen LogP contribution in [0.15, 0.2) is 48.5 Å². The topological polar surface area (TPSA) is 55.4 Å². The van der Waals surface area contributed by atoms with Crippen LogP contribution < -0.4 is 5.32 Å². The van der Waals surface area contributed by atoms with Crippen molar-refractivity contribution in [3.05, 3.63) is 65.0 Å². The molecule has 0 aliphatic heterocycles. The van der Waals surface area contributed by atoms with Crippen LogP contribution in [0.4, 0.5) is 14.5 Å². The molecule has 0 saturated carbocycles. The monoisotopic (exact) mass is 361 g/mol. The van der Waals surface area contributed by atoms with Crippen LogP contribution in [0.5, 0.6) is 0 Å². The average molecular weight is 361 g/mol. The molecule has 0 spiro atoms. The zero-order chi connectivity index (χ0) is 18.0. The molecule has 0 radical (unpaired) electrons. The number of nitrogens with one attached hydrogen (secondary N) is 1. The third-order valence-electron chi connectivity index (χ3n) is 3.47. The summed E-state index contributed by atoms with van der Waals surface area (Å²) in [4.78, 5) is 24.6. The van der Waals surface area contributed by atoms with Gasteiger partial charge in [-0.05, 0) is 36.6 Å². The Morgan fingerprint density at radius 3 is 2.64 bits per heavy atom. The summed E-state index contributed by atoms with van der Waals surface area (Å²) in [6.45, 7) is 1.36. The van der Waals surface area contributed by atoms with Gasteiger partial charge in [-0.1, -0.05) is 18.2 Å². The first-order valence-electron chi connectivity index (χ1n) is 7.39. The number of ether oxygens (including phenoxy) is 1. The molecule has 0 bridgehead atoms. The molecule has 7 heteroatoms. The molecule has 1 aromatic heterocycles. The Hall–Kier alpha value is -2.80. The van der Waals surface area contributed by atoms with Crippen LogP contribution >= 0.6 is 11.3 Å². The Balaban J connectivity index is 1.68. The second-order valence-corrected chi connectivity index (χ2v) is 6.39. The first kappa shape index (κ1) is 17.0. The Labute approximate surface area is 146 Å². The minimum absolute atomic E-state index is 0.310. The molecular formula is C18H13F2NO3S. The maximum absolute atomic E-state index is 13.6. The quantitative estimate of drug-likeness (QED) is 0.703. The number of fused-ring (bicyclic) bond motifs is 1. The normalized spacial score (nSPS) is 12.0. The van der Waals surface area contributed by atoms with Gasteiger partial charge in [-0.2, -0.15) is 0 Å². The van der Waals surface area contributed by atoms with Gasteiger partial charge in [-0.25, -0.2) is 13.6 Å². The van der Waals surface area contributed by atoms with Gasteiger partial charge in [0.25, 0.3) is 5.91 Å². The summed E-state index contributed by atoms with van der Waals surface area (Å²) in [5, 5.41) is 3.11. The molecule has 128 valence electrons. The average Bonchev–Trinajstić information content (AvgIpc) is 3.02. The van der Waals surface area contributed by atoms with Crippen molar-refractivity contribution in [2.24, 2.45) is 0 Å². The molecule has 0 aliphatic rings. The number of hydrogen-bond acceptors (Lipinski definition) is 4. The van der Waals surface area contributed by atoms with E-state index in [9.17, 15) is 18.4 Å². The van der Waals surface area contributed by atoms with Gasteiger partial charge in [0.1, 0.15) is 16.5 Å². The van der Waals surface area contributed by atoms with Crippen LogP contribution in [0.25, 0.3) is 10.1 Å². The van der Waals surface area contributed by atoms with E-state index in [1.165, 1.54) is 18.3 Å². The van der Waals surface area contributed by atoms with E-state index in [-0.39, 0.29) is 5.69 Å². The van der Waals surface area contributed by atoms with E-state index < -0.39 is 29.6 Å². The lowest BCUT2D eigenvalue weighted by molar-refractivity contribution is -0.123. The number of esters is 1. The summed E-state index contributed by atoms with van der Waals surface area (Å²) < 4.78 is 32.7. The maximum Gasteiger partial charge on any atom is 0.349 e. The van der Waals surface area contributed by atoms with Gasteiger partial charge < -0.3 is 10.1 Å². The van der Waals surface area contributed by atoms with E-state index in [0.717, 1.165) is 28.3 Å². The lowest BCUT2D eigenvalue weighted by Crippen LogP contribution is -2.30. The van der Waals surface area contributed by atoms with Gasteiger partial charge in [-0.15, -0.1) is 11.3 Å². The maximum atomic E-state index is 13.6. The molecular weight excluding hydrogens is 348 g/mol. The van der Waals surface area contributed by atoms with Gasteiger partial charge >= 0.3 is 5.97 Å². The highest BCUT2D eigenvalue weighted by atomic mass is 32.1. The van der Waals surface area contributed by atoms with Crippen LogP contribution in [0.2, 0.25) is 0 Å². The van der Waals surface area contributed by atoms with E-state index in [0.29, 0.717) is 4.88 Å². The number of hydrogen-bond donors (Lipinski definition) is 1. The van der Waals surface area contributed by atoms with Gasteiger partial charge in [0.15, 0.2) is 6.10 Å². The van der Waals surface area contributed by atoms with Crippen molar-refractivity contribution in [3.63, 3.8) is 0 Å². The summed E-state index contributed by atoms with van der Waals surface area (Å²) in [6.07, 6.45) is -1.17. The molecule has 2 aromatic carbocycles. The van der Waals surface area contributed by atoms with Gasteiger partial charge in [-0.3, -0.25) is 4.79 Å². The van der Waals surface area contributed by atoms with E-state index >= 15 is 0 Å². The molecule has 3 rings (SSSR count). The molecule has 0 aliphatic carbocycles. The van der Waals surface area contributed by atoms with E-state index in [4.69, 9.17) is 4.74 Å². The van der Waals surface area contributed by atoms with E-state index in [1.54, 1.807) is 6.07 Å². The minimum Gasteiger partial charge on any atom is -0.448 e. The van der Waals surface area contributed by atoms with Gasteiger partial charge in [0.05, 0.1) is 5.69 Å². The Morgan fingerprint density at radius 2 is 1.88 bits per heavy atom. The number of carbonyl (C=O) groups excluding carboxylic acids is 2. The number of amides is 1. The highest BCUT2D eigenvalue weighted by Gasteiger charge is 2.21. The first-order chi connectivity index (χ1) is 11.9. The Morgan fingerprint density at radius 1 is 1.12 bits per heavy atom. The first-order valence-corrected chi connectivity index (χ1v) is 8.21. The number of thiophene rings is 1. The smallest absolute Gasteiger partial charge is 0.349 e. The van der Waals surface area contributed by atoms with Crippen molar-refractivity contribution in [2.45, 2.75) is 13.0 Å². The Kier molecular flexibility index (Phi) is 4.76. The molecule has 1 atom stereocenters. The molecule has 4 nitrogen and oxygen atoms in total. The number of anilines is 1. The van der Waals surface area contributed by atoms with Crippen molar-refractivity contribution in [3.8, 4) is 0 Å². The summed E-state index contributed by atoms with van der Waals surface area (Å²) >= 11 is 1.25. The fourth-order valence-electron chi connectivity index (χ4n) is 2.18. The fraction of sp³-hybridized carbons (Fsp3) is 0.111. The highest BCUT2D eigenvalue weighted by Crippen LogP contribution is 2.26. The second-order valence-electron chi connectivity index (χ2n) is 5.31. The van der Waals surface area contributed by atoms with Crippen LogP contribution in [-0.2, 0) is 9.53 Å². The molecule has 3 aromatic rings. The number of carbonyl (C=O) groups is 2. The predicted octanol–water partition coefficient (Wildman–Crippen LogP) is 4.36. The third kappa shape index (κ3) is 3.83. The van der Waals surface area contributed by atoms with Crippen LogP contribution in [0.3, 0.4) is 0 Å². The largest absolute Gasteiger partial charge is 0.448 e. The van der Waals surface area contributed by atoms with Crippen LogP contribution in [0.1, 0.15) is 16.6 Å². The number of rotatable bonds is 4. The zero-order valence-electron chi connectivity index (χ0n) is 13.1. The summed E-state index contributed by atoms with van der Waals surface area (Å²) in [6, 6.07) is 11.8. The fourth-order valence-corrected chi connectivity index (χ4v) is 3.13. The summed E-state index contributed by atoms with van der Waals surface area (Å²) in [5.41, 5.74) is -0.310. The number of halogens is 2. The molecule has 0 fully saturated rings. The number of benzene rings is 2. The van der Waals surface area contributed by atoms with Crippen molar-refractivity contribution in [1.82, 2.24) is 0 Å². The minimum atomic E-state index is -1.17. The summed E-state index contributed by atoms with van der Waals surface area (Å²) in [7, 11) is 0. The van der Waals surface area contributed by atoms with Crippen molar-refractivity contribution < 1.29 is 23.1 Å². The zero-order valence-corrected chi connectivity index (χ0v) is 13.9. The van der Waals surface area contributed by atoms with Crippen LogP contribution in [0, 0.1) is 11.6 Å². The SMILES string of the molecule is C[C@H](OC(=O)c1cc2ccccc2s1)C(=O)Nc1cc(F)ccc1F. The van der Waals surface area contributed by atoms with Gasteiger partial charge in [0.2, 0.25) is 0 Å². The standard InChI is InChI=1S/C18H13F2NO3S/c1-10(17(22)21-14-9-12(19)6-7-13(14)20)24-18(23)16-8-11-4-2-3-5-15(11)25-16/h2-10H,1H3,(H,21,22)/t10-/m0/s1. The highest BCUT2D eigenvalue weighted by molar-refractivity contribution is 7.20. The lowest BCUT2D eigenvalue weighted by atomic mass is 10.2. The van der Waals surface area contributed by atoms with E-state index in [1.807, 2.05) is 24.3 Å². The molecule has 1 N–H and O–H groups in total. The Bertz CT molecular complexity index is 921. The molecule has 1 amide bonds. The van der Waals surface area contributed by atoms with E-state index in [2.05, 4.69) is 5.32 Å². The lowest BCUT2D eigenvalue weighted by Gasteiger charge is -2.13. The molecule has 0 unspecified atom stereocenters. The third-order valence-corrected chi connectivity index (χ3v) is 4.56. The van der Waals surface area contributed by atoms with Crippen molar-refractivity contribution >= 4 is 39.0 Å². The van der Waals surface area contributed by atoms with Crippen molar-refractivity contribution in [2.75, 3.05) is 5.32 Å². The predicted molar refractivity (Wildman–Crippen MR) is 91.7 cm³/mol. The molecule has 1 heterocycles. The second kappa shape index (κ2) is 6.98. The molecule has 25 heavy (non-hydrogen) atoms. The van der Waals surface area contributed by atoms with Crippen molar-refractivity contribution in [1.29, 1.82) is 0 Å². The van der Waals surface area contributed by atoms with Crippen LogP contribution in [-0.4, -0.2) is 18.0 Å². The van der Waals surface area contributed by atoms with Gasteiger partial charge in [0, 0.05) is 10.8 Å².